The molecule has 0 aliphatic rings. The Balaban J connectivity index is -0.0000000848. The van der Waals surface area contributed by atoms with Gasteiger partial charge in [-0.05, 0) is 50.5 Å². The number of rotatable bonds is 13. The van der Waals surface area contributed by atoms with E-state index < -0.39 is 63.3 Å². The second-order valence-electron chi connectivity index (χ2n) is 8.08. The van der Waals surface area contributed by atoms with E-state index >= 15 is 0 Å². The first kappa shape index (κ1) is 75.0. The summed E-state index contributed by atoms with van der Waals surface area (Å²) in [4.78, 5) is 80.3. The van der Waals surface area contributed by atoms with Crippen molar-refractivity contribution < 1.29 is 88.7 Å². The van der Waals surface area contributed by atoms with Crippen LogP contribution in [-0.4, -0.2) is 114 Å². The summed E-state index contributed by atoms with van der Waals surface area (Å²) in [6.07, 6.45) is -6.29. The number of hydrogen-bond donors (Lipinski definition) is 0. The molecular weight excluding hydrogens is 1400 g/mol. The Kier molecular flexibility index (Phi) is 68.2. The number of hydrogen-bond acceptors (Lipinski definition) is 14. The van der Waals surface area contributed by atoms with Crippen LogP contribution in [0.1, 0.15) is 48.0 Å². The first-order chi connectivity index (χ1) is 26.8. The molecule has 0 aromatic carbocycles. The number of ether oxygens (including phenoxy) is 6. The number of halogens is 14. The summed E-state index contributed by atoms with van der Waals surface area (Å²) in [5.74, 6) is -5.48. The zero-order valence-corrected chi connectivity index (χ0v) is 46.0. The lowest BCUT2D eigenvalue weighted by atomic mass is 10.3. The van der Waals surface area contributed by atoms with Crippen molar-refractivity contribution in [2.45, 2.75) is 68.6 Å². The number of Topliss-reactive ketones (excluding diaryl/α,β-unsaturated/α-hetero) is 2. The lowest BCUT2D eigenvalue weighted by Crippen LogP contribution is -2.31. The highest BCUT2D eigenvalue weighted by Crippen LogP contribution is 2.26. The van der Waals surface area contributed by atoms with Gasteiger partial charge in [0.1, 0.15) is 4.83 Å². The van der Waals surface area contributed by atoms with Crippen LogP contribution in [0.25, 0.3) is 0 Å². The minimum Gasteiger partial charge on any atom is -0.468 e. The number of esters is 6. The normalized spacial score (nSPS) is 10.4. The highest BCUT2D eigenvalue weighted by Gasteiger charge is 2.43. The predicted octanol–water partition coefficient (Wildman–Crippen LogP) is 10.4. The number of carbonyl (C=O) groups is 8. The Morgan fingerprint density at radius 2 is 1.05 bits per heavy atom. The van der Waals surface area contributed by atoms with Crippen LogP contribution in [0.5, 0.6) is 0 Å². The standard InChI is InChI=1S/C6H9BrO3.C6H10O3.C5H8Br2O2.C5H7BrO2.C4H4BrF3O2.C4H4F2O2.2Br2/c1-3-10-6(9)5(8)4(2)7;1-3-5(7)6(8)9-4-2;1-2-9-5(8)4(7)3-6;1-3-8-5(7)4(2)6;1-10-3(9)2(5)4(6,7)8;1-8-4(7)2-3(5)6;2*1-2/h4H,3H2,1-2H3;3-4H2,1-2H3;4H,2-3H2,1H3;2-3H2,1H3;2H,1H3;2H,1H3;;. The third kappa shape index (κ3) is 57.7. The van der Waals surface area contributed by atoms with E-state index in [9.17, 15) is 60.3 Å². The second kappa shape index (κ2) is 52.7. The van der Waals surface area contributed by atoms with Gasteiger partial charge in [0.2, 0.25) is 10.6 Å². The Hall–Kier alpha value is -0.390. The lowest BCUT2D eigenvalue weighted by Gasteiger charge is -2.10. The molecule has 0 N–H and O–H groups in total. The fourth-order valence-corrected chi connectivity index (χ4v) is 2.50. The highest BCUT2D eigenvalue weighted by molar-refractivity contribution is 9.93. The summed E-state index contributed by atoms with van der Waals surface area (Å²) in [6.45, 7) is 14.7. The summed E-state index contributed by atoms with van der Waals surface area (Å²) in [5.41, 5.74) is 0. The van der Waals surface area contributed by atoms with Gasteiger partial charge in [-0.1, -0.05) is 77.2 Å². The van der Waals surface area contributed by atoms with E-state index in [0.717, 1.165) is 14.2 Å². The van der Waals surface area contributed by atoms with E-state index in [1.807, 2.05) is 0 Å². The third-order valence-corrected chi connectivity index (χ3v) is 7.81. The fourth-order valence-electron chi connectivity index (χ4n) is 1.61. The van der Waals surface area contributed by atoms with Crippen LogP contribution in [0.2, 0.25) is 0 Å². The average Bonchev–Trinajstić information content (AvgIpc) is 3.18. The molecule has 0 amide bonds. The van der Waals surface area contributed by atoms with Crippen molar-refractivity contribution in [3.63, 3.8) is 0 Å². The second-order valence-corrected chi connectivity index (χ2v) is 13.1. The summed E-state index contributed by atoms with van der Waals surface area (Å²) >= 11 is 25.2. The zero-order valence-electron chi connectivity index (χ0n) is 31.8. The van der Waals surface area contributed by atoms with Crippen molar-refractivity contribution in [2.75, 3.05) is 46.0 Å². The third-order valence-electron chi connectivity index (χ3n) is 3.96. The van der Waals surface area contributed by atoms with Crippen LogP contribution in [0.15, 0.2) is 23.2 Å². The molecule has 0 aromatic rings. The van der Waals surface area contributed by atoms with Crippen molar-refractivity contribution in [3.8, 4) is 0 Å². The topological polar surface area (TPSA) is 192 Å². The summed E-state index contributed by atoms with van der Waals surface area (Å²) in [5, 5.41) is 0.589. The first-order valence-electron chi connectivity index (χ1n) is 14.9. The molecule has 0 saturated carbocycles. The Labute approximate surface area is 406 Å². The Morgan fingerprint density at radius 3 is 1.26 bits per heavy atom. The first-order valence-corrected chi connectivity index (χ1v) is 27.0. The quantitative estimate of drug-likeness (QED) is 0.0422. The molecule has 14 nitrogen and oxygen atoms in total. The van der Waals surface area contributed by atoms with Crippen LogP contribution in [0.4, 0.5) is 22.0 Å². The molecule has 0 saturated heterocycles. The summed E-state index contributed by atoms with van der Waals surface area (Å²) in [6, 6.07) is 0. The monoisotopic (exact) mass is 1430 g/mol. The van der Waals surface area contributed by atoms with Gasteiger partial charge in [0.25, 0.3) is 11.9 Å². The van der Waals surface area contributed by atoms with E-state index in [4.69, 9.17) is 0 Å². The molecule has 0 rings (SSSR count). The van der Waals surface area contributed by atoms with Gasteiger partial charge in [-0.25, -0.2) is 19.2 Å². The maximum atomic E-state index is 11.5. The van der Waals surface area contributed by atoms with Gasteiger partial charge in [0.15, 0.2) is 0 Å². The van der Waals surface area contributed by atoms with Gasteiger partial charge >= 0.3 is 42.0 Å². The van der Waals surface area contributed by atoms with Gasteiger partial charge in [0.05, 0.1) is 56.0 Å². The van der Waals surface area contributed by atoms with Crippen molar-refractivity contribution in [2.24, 2.45) is 0 Å². The molecule has 0 heterocycles. The maximum absolute atomic E-state index is 11.5. The fraction of sp³-hybridized carbons (Fsp3) is 0.600. The molecule has 0 radical (unpaired) electrons. The highest BCUT2D eigenvalue weighted by atomic mass is 80.9. The average molecular weight is 1440 g/mol. The lowest BCUT2D eigenvalue weighted by molar-refractivity contribution is -0.164. The molecule has 0 spiro atoms. The van der Waals surface area contributed by atoms with Crippen LogP contribution in [0, 0.1) is 0 Å². The molecule has 0 fully saturated rings. The Bertz CT molecular complexity index is 1190. The zero-order chi connectivity index (χ0) is 48.2. The molecule has 58 heavy (non-hydrogen) atoms. The van der Waals surface area contributed by atoms with Crippen molar-refractivity contribution in [1.29, 1.82) is 0 Å². The molecule has 3 atom stereocenters. The molecule has 0 aromatic heterocycles. The Morgan fingerprint density at radius 1 is 0.672 bits per heavy atom. The van der Waals surface area contributed by atoms with Crippen molar-refractivity contribution >= 4 is 184 Å². The molecule has 344 valence electrons. The van der Waals surface area contributed by atoms with E-state index in [0.29, 0.717) is 18.5 Å². The van der Waals surface area contributed by atoms with Gasteiger partial charge in [-0.2, -0.15) is 22.0 Å². The van der Waals surface area contributed by atoms with Crippen molar-refractivity contribution in [1.82, 2.24) is 0 Å². The van der Waals surface area contributed by atoms with Gasteiger partial charge in [0, 0.05) is 68.3 Å². The summed E-state index contributed by atoms with van der Waals surface area (Å²) < 4.78 is 82.7. The van der Waals surface area contributed by atoms with E-state index in [-0.39, 0.29) is 41.0 Å². The van der Waals surface area contributed by atoms with Gasteiger partial charge < -0.3 is 28.4 Å². The molecule has 28 heteroatoms. The van der Waals surface area contributed by atoms with Crippen LogP contribution in [-0.2, 0) is 66.8 Å². The number of alkyl halides is 7. The van der Waals surface area contributed by atoms with Crippen molar-refractivity contribution in [3.05, 3.63) is 23.2 Å². The molecule has 0 bridgehead atoms. The van der Waals surface area contributed by atoms with E-state index in [1.54, 1.807) is 41.5 Å². The SMILES string of the molecule is BrBr.BrBr.C=C(Br)C(=O)OCC.CCOC(=O)C(=O)C(C)Br.CCOC(=O)C(=O)CC.CCOC(=O)C(Br)CBr.COC(=O)C(Br)C(F)(F)F.COC(=O)C=C(F)F. The number of ketones is 2. The minimum absolute atomic E-state index is 0.111. The molecule has 3 unspecified atom stereocenters. The molecular formula is C30H42Br9F5O14. The predicted molar refractivity (Wildman–Crippen MR) is 239 cm³/mol. The van der Waals surface area contributed by atoms with Gasteiger partial charge in [-0.3, -0.25) is 19.2 Å². The number of methoxy groups -OCH3 is 2. The van der Waals surface area contributed by atoms with E-state index in [2.05, 4.69) is 171 Å². The largest absolute Gasteiger partial charge is 0.468 e. The van der Waals surface area contributed by atoms with E-state index in [1.165, 1.54) is 0 Å². The number of carbonyl (C=O) groups excluding carboxylic acids is 8. The van der Waals surface area contributed by atoms with Crippen LogP contribution in [0.3, 0.4) is 0 Å². The molecule has 0 aliphatic carbocycles. The summed E-state index contributed by atoms with van der Waals surface area (Å²) in [7, 11) is 1.92. The van der Waals surface area contributed by atoms with Crippen LogP contribution < -0.4 is 0 Å². The molecule has 0 aliphatic heterocycles. The minimum atomic E-state index is -4.58. The van der Waals surface area contributed by atoms with Gasteiger partial charge in [-0.15, -0.1) is 0 Å². The maximum Gasteiger partial charge on any atom is 0.411 e. The van der Waals surface area contributed by atoms with Crippen LogP contribution >= 0.6 is 136 Å². The smallest absolute Gasteiger partial charge is 0.411 e.